The fraction of sp³-hybridized carbons (Fsp3) is 0.538. The van der Waals surface area contributed by atoms with Gasteiger partial charge in [-0.15, -0.1) is 0 Å². The number of carbonyl (C=O) groups is 2. The standard InChI is InChI=1S/C13H20N2O6S/c1-7(2)13(4,6-11(16)17)15-12(18)9-5-10(8(3)21-9)22(14,19)20/h5,7H,6H2,1-4H3,(H,15,18)(H,16,17)(H2,14,19,20). The number of carboxylic acids is 1. The van der Waals surface area contributed by atoms with Crippen molar-refractivity contribution in [3.8, 4) is 0 Å². The molecule has 0 aliphatic carbocycles. The molecule has 1 unspecified atom stereocenters. The molecular formula is C13H20N2O6S. The predicted molar refractivity (Wildman–Crippen MR) is 77.8 cm³/mol. The van der Waals surface area contributed by atoms with Crippen molar-refractivity contribution >= 4 is 21.9 Å². The highest BCUT2D eigenvalue weighted by Crippen LogP contribution is 2.23. The van der Waals surface area contributed by atoms with E-state index in [1.807, 2.05) is 0 Å². The number of amides is 1. The molecule has 0 saturated heterocycles. The summed E-state index contributed by atoms with van der Waals surface area (Å²) in [6, 6.07) is 1.03. The number of sulfonamides is 1. The highest BCUT2D eigenvalue weighted by atomic mass is 32.2. The summed E-state index contributed by atoms with van der Waals surface area (Å²) in [5.41, 5.74) is -1.01. The molecule has 1 rings (SSSR count). The van der Waals surface area contributed by atoms with E-state index in [1.165, 1.54) is 6.92 Å². The van der Waals surface area contributed by atoms with Crippen LogP contribution in [0, 0.1) is 12.8 Å². The van der Waals surface area contributed by atoms with Gasteiger partial charge in [-0.1, -0.05) is 13.8 Å². The minimum Gasteiger partial charge on any atom is -0.481 e. The lowest BCUT2D eigenvalue weighted by Crippen LogP contribution is -2.51. The summed E-state index contributed by atoms with van der Waals surface area (Å²) in [6.45, 7) is 6.51. The molecule has 0 aliphatic rings. The highest BCUT2D eigenvalue weighted by molar-refractivity contribution is 7.89. The van der Waals surface area contributed by atoms with E-state index >= 15 is 0 Å². The Bertz CT molecular complexity index is 691. The van der Waals surface area contributed by atoms with Crippen LogP contribution in [0.1, 0.15) is 43.5 Å². The number of aryl methyl sites for hydroxylation is 1. The first-order chi connectivity index (χ1) is 9.86. The van der Waals surface area contributed by atoms with Crippen molar-refractivity contribution in [2.24, 2.45) is 11.1 Å². The summed E-state index contributed by atoms with van der Waals surface area (Å²) >= 11 is 0. The smallest absolute Gasteiger partial charge is 0.305 e. The van der Waals surface area contributed by atoms with Gasteiger partial charge in [0.1, 0.15) is 10.7 Å². The number of nitrogens with two attached hydrogens (primary N) is 1. The average Bonchev–Trinajstić information content (AvgIpc) is 2.69. The topological polar surface area (TPSA) is 140 Å². The van der Waals surface area contributed by atoms with E-state index in [9.17, 15) is 18.0 Å². The maximum atomic E-state index is 12.2. The van der Waals surface area contributed by atoms with Crippen LogP contribution in [0.25, 0.3) is 0 Å². The first-order valence-electron chi connectivity index (χ1n) is 6.54. The Hall–Kier alpha value is -1.87. The highest BCUT2D eigenvalue weighted by Gasteiger charge is 2.34. The maximum Gasteiger partial charge on any atom is 0.305 e. The van der Waals surface area contributed by atoms with E-state index in [1.54, 1.807) is 20.8 Å². The fourth-order valence-electron chi connectivity index (χ4n) is 1.89. The van der Waals surface area contributed by atoms with Gasteiger partial charge in [-0.2, -0.15) is 0 Å². The minimum absolute atomic E-state index is 0.00265. The Morgan fingerprint density at radius 1 is 1.45 bits per heavy atom. The number of rotatable bonds is 6. The normalized spacial score (nSPS) is 14.6. The van der Waals surface area contributed by atoms with Gasteiger partial charge < -0.3 is 14.8 Å². The number of hydrogen-bond acceptors (Lipinski definition) is 5. The van der Waals surface area contributed by atoms with Crippen LogP contribution < -0.4 is 10.5 Å². The summed E-state index contributed by atoms with van der Waals surface area (Å²) in [7, 11) is -3.99. The fourth-order valence-corrected chi connectivity index (χ4v) is 2.60. The number of primary sulfonamides is 1. The van der Waals surface area contributed by atoms with Crippen molar-refractivity contribution in [1.29, 1.82) is 0 Å². The predicted octanol–water partition coefficient (Wildman–Crippen LogP) is 0.855. The first kappa shape index (κ1) is 18.2. The van der Waals surface area contributed by atoms with Crippen molar-refractivity contribution in [2.75, 3.05) is 0 Å². The van der Waals surface area contributed by atoms with Crippen LogP contribution in [0.3, 0.4) is 0 Å². The molecule has 1 aromatic heterocycles. The Kier molecular flexibility index (Phi) is 5.03. The SMILES string of the molecule is Cc1oc(C(=O)NC(C)(CC(=O)O)C(C)C)cc1S(N)(=O)=O. The van der Waals surface area contributed by atoms with Crippen molar-refractivity contribution in [1.82, 2.24) is 5.32 Å². The lowest BCUT2D eigenvalue weighted by Gasteiger charge is -2.33. The monoisotopic (exact) mass is 332 g/mol. The zero-order chi connectivity index (χ0) is 17.3. The maximum absolute atomic E-state index is 12.2. The van der Waals surface area contributed by atoms with Gasteiger partial charge in [0.25, 0.3) is 5.91 Å². The third-order valence-corrected chi connectivity index (χ3v) is 4.61. The summed E-state index contributed by atoms with van der Waals surface area (Å²) in [5, 5.41) is 16.6. The zero-order valence-electron chi connectivity index (χ0n) is 12.8. The summed E-state index contributed by atoms with van der Waals surface area (Å²) in [5.74, 6) is -2.16. The van der Waals surface area contributed by atoms with Gasteiger partial charge in [0.15, 0.2) is 5.76 Å². The molecule has 0 fully saturated rings. The number of nitrogens with one attached hydrogen (secondary N) is 1. The average molecular weight is 332 g/mol. The lowest BCUT2D eigenvalue weighted by molar-refractivity contribution is -0.138. The molecule has 9 heteroatoms. The Balaban J connectivity index is 3.09. The molecule has 0 spiro atoms. The van der Waals surface area contributed by atoms with Gasteiger partial charge in [0, 0.05) is 6.07 Å². The largest absolute Gasteiger partial charge is 0.481 e. The van der Waals surface area contributed by atoms with Gasteiger partial charge in [-0.05, 0) is 19.8 Å². The molecule has 0 bridgehead atoms. The van der Waals surface area contributed by atoms with Crippen molar-refractivity contribution in [3.63, 3.8) is 0 Å². The van der Waals surface area contributed by atoms with Crippen molar-refractivity contribution in [2.45, 2.75) is 44.6 Å². The van der Waals surface area contributed by atoms with Crippen molar-refractivity contribution < 1.29 is 27.5 Å². The second kappa shape index (κ2) is 6.09. The van der Waals surface area contributed by atoms with E-state index < -0.39 is 27.4 Å². The van der Waals surface area contributed by atoms with Gasteiger partial charge in [-0.3, -0.25) is 9.59 Å². The van der Waals surface area contributed by atoms with Crippen LogP contribution in [-0.2, 0) is 14.8 Å². The Morgan fingerprint density at radius 3 is 2.36 bits per heavy atom. The van der Waals surface area contributed by atoms with E-state index in [-0.39, 0.29) is 28.8 Å². The van der Waals surface area contributed by atoms with Crippen LogP contribution in [-0.4, -0.2) is 30.9 Å². The molecule has 22 heavy (non-hydrogen) atoms. The third-order valence-electron chi connectivity index (χ3n) is 3.59. The molecule has 0 aromatic carbocycles. The van der Waals surface area contributed by atoms with Crippen LogP contribution in [0.4, 0.5) is 0 Å². The molecular weight excluding hydrogens is 312 g/mol. The zero-order valence-corrected chi connectivity index (χ0v) is 13.7. The van der Waals surface area contributed by atoms with E-state index in [4.69, 9.17) is 14.7 Å². The summed E-state index contributed by atoms with van der Waals surface area (Å²) in [4.78, 5) is 22.9. The number of hydrogen-bond donors (Lipinski definition) is 3. The molecule has 1 atom stereocenters. The molecule has 8 nitrogen and oxygen atoms in total. The molecule has 1 amide bonds. The molecule has 0 saturated carbocycles. The van der Waals surface area contributed by atoms with Crippen LogP contribution in [0.15, 0.2) is 15.4 Å². The Labute approximate surface area is 128 Å². The van der Waals surface area contributed by atoms with Crippen molar-refractivity contribution in [3.05, 3.63) is 17.6 Å². The van der Waals surface area contributed by atoms with E-state index in [0.29, 0.717) is 0 Å². The summed E-state index contributed by atoms with van der Waals surface area (Å²) < 4.78 is 27.8. The van der Waals surface area contributed by atoms with Crippen LogP contribution in [0.2, 0.25) is 0 Å². The molecule has 4 N–H and O–H groups in total. The van der Waals surface area contributed by atoms with E-state index in [0.717, 1.165) is 6.07 Å². The molecule has 0 aliphatic heterocycles. The van der Waals surface area contributed by atoms with Gasteiger partial charge >= 0.3 is 5.97 Å². The quantitative estimate of drug-likeness (QED) is 0.705. The number of carbonyl (C=O) groups excluding carboxylic acids is 1. The van der Waals surface area contributed by atoms with Crippen LogP contribution >= 0.6 is 0 Å². The number of aliphatic carboxylic acids is 1. The molecule has 0 radical (unpaired) electrons. The second-order valence-electron chi connectivity index (χ2n) is 5.67. The first-order valence-corrected chi connectivity index (χ1v) is 8.09. The van der Waals surface area contributed by atoms with E-state index in [2.05, 4.69) is 5.32 Å². The summed E-state index contributed by atoms with van der Waals surface area (Å²) in [6.07, 6.45) is -0.280. The number of carboxylic acid groups (broad SMARTS) is 1. The third kappa shape index (κ3) is 4.08. The van der Waals surface area contributed by atoms with Gasteiger partial charge in [-0.25, -0.2) is 13.6 Å². The number of furan rings is 1. The van der Waals surface area contributed by atoms with Crippen LogP contribution in [0.5, 0.6) is 0 Å². The lowest BCUT2D eigenvalue weighted by atomic mass is 9.85. The van der Waals surface area contributed by atoms with Gasteiger partial charge in [0.05, 0.1) is 12.0 Å². The Morgan fingerprint density at radius 2 is 2.00 bits per heavy atom. The molecule has 1 heterocycles. The second-order valence-corrected chi connectivity index (χ2v) is 7.20. The minimum atomic E-state index is -3.99. The van der Waals surface area contributed by atoms with Gasteiger partial charge in [0.2, 0.25) is 10.0 Å². The molecule has 124 valence electrons. The molecule has 1 aromatic rings.